The molecule has 1 amide bonds. The first kappa shape index (κ1) is 7.65. The van der Waals surface area contributed by atoms with Gasteiger partial charge in [-0.2, -0.15) is 0 Å². The predicted molar refractivity (Wildman–Crippen MR) is 38.5 cm³/mol. The molecular formula is C7H9NO3. The summed E-state index contributed by atoms with van der Waals surface area (Å²) in [6, 6.07) is 0. The molecule has 0 saturated carbocycles. The largest absolute Gasteiger partial charge is 0.451 e. The number of hydroxylamine groups is 2. The Bertz CT molecular complexity index is 184. The Labute approximate surface area is 64.6 Å². The molecule has 0 atom stereocenters. The number of hydrogen-bond acceptors (Lipinski definition) is 3. The number of ether oxygens (including phenoxy) is 1. The molecule has 0 radical (unpaired) electrons. The maximum atomic E-state index is 10.8. The van der Waals surface area contributed by atoms with Crippen molar-refractivity contribution in [1.82, 2.24) is 5.06 Å². The summed E-state index contributed by atoms with van der Waals surface area (Å²) in [4.78, 5) is 15.7. The molecule has 0 N–H and O–H groups in total. The number of methoxy groups -OCH3 is 1. The molecule has 1 aliphatic heterocycles. The molecule has 1 aliphatic rings. The van der Waals surface area contributed by atoms with Crippen molar-refractivity contribution < 1.29 is 14.4 Å². The Morgan fingerprint density at radius 2 is 2.45 bits per heavy atom. The van der Waals surface area contributed by atoms with E-state index in [1.54, 1.807) is 18.2 Å². The summed E-state index contributed by atoms with van der Waals surface area (Å²) in [5.74, 6) is 0. The van der Waals surface area contributed by atoms with E-state index in [4.69, 9.17) is 4.84 Å². The molecule has 1 heterocycles. The zero-order valence-corrected chi connectivity index (χ0v) is 6.19. The van der Waals surface area contributed by atoms with E-state index in [0.717, 1.165) is 5.06 Å². The molecule has 4 nitrogen and oxygen atoms in total. The fourth-order valence-electron chi connectivity index (χ4n) is 0.652. The van der Waals surface area contributed by atoms with E-state index in [1.165, 1.54) is 13.4 Å². The minimum absolute atomic E-state index is 0.402. The van der Waals surface area contributed by atoms with Crippen molar-refractivity contribution >= 4 is 6.09 Å². The fourth-order valence-corrected chi connectivity index (χ4v) is 0.652. The molecule has 0 spiro atoms. The van der Waals surface area contributed by atoms with Gasteiger partial charge >= 0.3 is 6.09 Å². The molecule has 11 heavy (non-hydrogen) atoms. The van der Waals surface area contributed by atoms with Crippen molar-refractivity contribution in [2.24, 2.45) is 0 Å². The van der Waals surface area contributed by atoms with Crippen LogP contribution in [-0.4, -0.2) is 24.8 Å². The van der Waals surface area contributed by atoms with Crippen molar-refractivity contribution in [1.29, 1.82) is 0 Å². The first-order chi connectivity index (χ1) is 5.34. The second kappa shape index (κ2) is 3.65. The third-order valence-electron chi connectivity index (χ3n) is 1.16. The molecule has 0 saturated heterocycles. The second-order valence-electron chi connectivity index (χ2n) is 1.89. The van der Waals surface area contributed by atoms with Gasteiger partial charge in [0, 0.05) is 0 Å². The van der Waals surface area contributed by atoms with Gasteiger partial charge < -0.3 is 9.57 Å². The lowest BCUT2D eigenvalue weighted by atomic mass is 10.5. The number of allylic oxidation sites excluding steroid dienone is 2. The highest BCUT2D eigenvalue weighted by molar-refractivity contribution is 5.66. The molecule has 0 aromatic heterocycles. The van der Waals surface area contributed by atoms with Gasteiger partial charge in [0.15, 0.2) is 0 Å². The average Bonchev–Trinajstić information content (AvgIpc) is 2.30. The van der Waals surface area contributed by atoms with Gasteiger partial charge in [-0.25, -0.2) is 4.79 Å². The molecule has 1 rings (SSSR count). The lowest BCUT2D eigenvalue weighted by Gasteiger charge is -2.15. The molecule has 0 fully saturated rings. The van der Waals surface area contributed by atoms with Crippen LogP contribution in [0, 0.1) is 0 Å². The Morgan fingerprint density at radius 3 is 3.18 bits per heavy atom. The van der Waals surface area contributed by atoms with Gasteiger partial charge in [0.1, 0.15) is 6.26 Å². The van der Waals surface area contributed by atoms with Gasteiger partial charge in [-0.1, -0.05) is 12.2 Å². The van der Waals surface area contributed by atoms with E-state index < -0.39 is 6.09 Å². The van der Waals surface area contributed by atoms with E-state index in [2.05, 4.69) is 4.74 Å². The van der Waals surface area contributed by atoms with E-state index >= 15 is 0 Å². The number of carbonyl (C=O) groups is 1. The van der Waals surface area contributed by atoms with Crippen molar-refractivity contribution in [2.75, 3.05) is 13.7 Å². The Hall–Kier alpha value is -1.45. The highest BCUT2D eigenvalue weighted by atomic mass is 16.7. The summed E-state index contributed by atoms with van der Waals surface area (Å²) in [6.45, 7) is 0.402. The summed E-state index contributed by atoms with van der Waals surface area (Å²) in [5.41, 5.74) is 0. The van der Waals surface area contributed by atoms with E-state index in [0.29, 0.717) is 6.54 Å². The minimum Gasteiger partial charge on any atom is -0.451 e. The van der Waals surface area contributed by atoms with Crippen molar-refractivity contribution in [2.45, 2.75) is 0 Å². The minimum atomic E-state index is -0.499. The average molecular weight is 155 g/mol. The molecule has 0 unspecified atom stereocenters. The maximum Gasteiger partial charge on any atom is 0.443 e. The van der Waals surface area contributed by atoms with Gasteiger partial charge in [-0.05, 0) is 6.08 Å². The van der Waals surface area contributed by atoms with Crippen molar-refractivity contribution in [3.8, 4) is 0 Å². The number of amides is 1. The summed E-state index contributed by atoms with van der Waals surface area (Å²) >= 11 is 0. The summed E-state index contributed by atoms with van der Waals surface area (Å²) in [7, 11) is 1.31. The number of rotatable bonds is 0. The highest BCUT2D eigenvalue weighted by Gasteiger charge is 2.12. The summed E-state index contributed by atoms with van der Waals surface area (Å²) < 4.78 is 4.44. The van der Waals surface area contributed by atoms with Gasteiger partial charge in [0.25, 0.3) is 0 Å². The lowest BCUT2D eigenvalue weighted by molar-refractivity contribution is -0.0710. The number of nitrogens with zero attached hydrogens (tertiary/aromatic N) is 1. The quantitative estimate of drug-likeness (QED) is 0.525. The van der Waals surface area contributed by atoms with Crippen LogP contribution in [0.25, 0.3) is 0 Å². The first-order valence-electron chi connectivity index (χ1n) is 3.18. The monoisotopic (exact) mass is 155 g/mol. The highest BCUT2D eigenvalue weighted by Crippen LogP contribution is 1.99. The molecular weight excluding hydrogens is 146 g/mol. The molecule has 60 valence electrons. The van der Waals surface area contributed by atoms with Crippen LogP contribution in [0.1, 0.15) is 0 Å². The zero-order valence-electron chi connectivity index (χ0n) is 6.19. The van der Waals surface area contributed by atoms with E-state index in [-0.39, 0.29) is 0 Å². The second-order valence-corrected chi connectivity index (χ2v) is 1.89. The van der Waals surface area contributed by atoms with Gasteiger partial charge in [0.2, 0.25) is 0 Å². The molecule has 0 aromatic rings. The first-order valence-corrected chi connectivity index (χ1v) is 3.18. The van der Waals surface area contributed by atoms with Gasteiger partial charge in [0.05, 0.1) is 13.7 Å². The molecule has 0 aliphatic carbocycles. The SMILES string of the molecule is COC(=O)N1CC=CC=CO1. The molecule has 0 bridgehead atoms. The number of hydrogen-bond donors (Lipinski definition) is 0. The topological polar surface area (TPSA) is 38.8 Å². The van der Waals surface area contributed by atoms with Crippen molar-refractivity contribution in [3.63, 3.8) is 0 Å². The van der Waals surface area contributed by atoms with Crippen LogP contribution in [0.15, 0.2) is 24.5 Å². The zero-order chi connectivity index (χ0) is 8.10. The Kier molecular flexibility index (Phi) is 2.54. The van der Waals surface area contributed by atoms with Crippen LogP contribution in [0.2, 0.25) is 0 Å². The fraction of sp³-hybridized carbons (Fsp3) is 0.286. The smallest absolute Gasteiger partial charge is 0.443 e. The normalized spacial score (nSPS) is 15.5. The Balaban J connectivity index is 2.52. The molecule has 4 heteroatoms. The maximum absolute atomic E-state index is 10.8. The van der Waals surface area contributed by atoms with E-state index in [9.17, 15) is 4.79 Å². The lowest BCUT2D eigenvalue weighted by Crippen LogP contribution is -2.28. The number of carbonyl (C=O) groups excluding carboxylic acids is 1. The molecule has 0 aromatic carbocycles. The van der Waals surface area contributed by atoms with Crippen molar-refractivity contribution in [3.05, 3.63) is 24.5 Å². The van der Waals surface area contributed by atoms with Crippen LogP contribution in [0.5, 0.6) is 0 Å². The van der Waals surface area contributed by atoms with Gasteiger partial charge in [-0.15, -0.1) is 5.06 Å². The Morgan fingerprint density at radius 1 is 1.64 bits per heavy atom. The van der Waals surface area contributed by atoms with Crippen LogP contribution in [0.3, 0.4) is 0 Å². The standard InChI is InChI=1S/C7H9NO3/c1-10-7(9)8-5-3-2-4-6-11-8/h2-4,6H,5H2,1H3. The summed E-state index contributed by atoms with van der Waals surface area (Å²) in [6.07, 6.45) is 6.20. The third-order valence-corrected chi connectivity index (χ3v) is 1.16. The van der Waals surface area contributed by atoms with Crippen LogP contribution in [0.4, 0.5) is 4.79 Å². The predicted octanol–water partition coefficient (Wildman–Crippen LogP) is 1.07. The van der Waals surface area contributed by atoms with Crippen LogP contribution < -0.4 is 0 Å². The summed E-state index contributed by atoms with van der Waals surface area (Å²) in [5, 5.41) is 1.11. The van der Waals surface area contributed by atoms with Crippen LogP contribution in [-0.2, 0) is 9.57 Å². The van der Waals surface area contributed by atoms with Gasteiger partial charge in [-0.3, -0.25) is 0 Å². The van der Waals surface area contributed by atoms with E-state index in [1.807, 2.05) is 0 Å². The van der Waals surface area contributed by atoms with Crippen LogP contribution >= 0.6 is 0 Å². The third kappa shape index (κ3) is 2.00.